The average molecular weight is 228 g/mol. The molecule has 0 aliphatic heterocycles. The Hall–Kier alpha value is -1.19. The molecule has 1 N–H and O–H groups in total. The Morgan fingerprint density at radius 1 is 1.58 bits per heavy atom. The van der Waals surface area contributed by atoms with Crippen LogP contribution in [-0.4, -0.2) is 5.11 Å². The highest BCUT2D eigenvalue weighted by Crippen LogP contribution is 2.22. The summed E-state index contributed by atoms with van der Waals surface area (Å²) in [4.78, 5) is 2.60. The monoisotopic (exact) mass is 227 g/mol. The van der Waals surface area contributed by atoms with Crippen molar-refractivity contribution in [3.63, 3.8) is 0 Å². The number of halogens is 1. The maximum atomic E-state index is 9.30. The summed E-state index contributed by atoms with van der Waals surface area (Å²) in [5.74, 6) is 0.136. The molecule has 0 amide bonds. The van der Waals surface area contributed by atoms with Crippen LogP contribution in [0.2, 0.25) is 0 Å². The number of hydrogen-bond acceptors (Lipinski definition) is 2. The standard InChI is InChI=1S/C7H6BrN3O/c8-6-2-1-5(4-10-11-9)7(12)3-6/h1-3,12H,4H2. The third-order valence-corrected chi connectivity index (χ3v) is 1.84. The van der Waals surface area contributed by atoms with E-state index in [1.807, 2.05) is 0 Å². The molecule has 1 rings (SSSR count). The van der Waals surface area contributed by atoms with Gasteiger partial charge in [0, 0.05) is 9.38 Å². The molecule has 0 unspecified atom stereocenters. The van der Waals surface area contributed by atoms with Crippen molar-refractivity contribution in [2.75, 3.05) is 0 Å². The normalized spacial score (nSPS) is 9.08. The van der Waals surface area contributed by atoms with Crippen molar-refractivity contribution >= 4 is 15.9 Å². The van der Waals surface area contributed by atoms with Crippen LogP contribution in [0.15, 0.2) is 27.8 Å². The van der Waals surface area contributed by atoms with Crippen LogP contribution in [0.3, 0.4) is 0 Å². The second-order valence-electron chi connectivity index (χ2n) is 2.16. The zero-order valence-electron chi connectivity index (χ0n) is 6.11. The van der Waals surface area contributed by atoms with Gasteiger partial charge in [0.05, 0.1) is 6.54 Å². The third-order valence-electron chi connectivity index (χ3n) is 1.35. The van der Waals surface area contributed by atoms with Crippen molar-refractivity contribution in [1.82, 2.24) is 0 Å². The van der Waals surface area contributed by atoms with Crippen molar-refractivity contribution in [1.29, 1.82) is 0 Å². The van der Waals surface area contributed by atoms with Crippen LogP contribution in [0, 0.1) is 0 Å². The van der Waals surface area contributed by atoms with E-state index >= 15 is 0 Å². The van der Waals surface area contributed by atoms with Crippen LogP contribution < -0.4 is 0 Å². The van der Waals surface area contributed by atoms with Gasteiger partial charge in [-0.25, -0.2) is 0 Å². The predicted molar refractivity (Wildman–Crippen MR) is 48.7 cm³/mol. The summed E-state index contributed by atoms with van der Waals surface area (Å²) in [7, 11) is 0. The SMILES string of the molecule is [N-]=[N+]=NCc1ccc(Br)cc1O. The smallest absolute Gasteiger partial charge is 0.120 e. The van der Waals surface area contributed by atoms with Gasteiger partial charge >= 0.3 is 0 Å². The minimum Gasteiger partial charge on any atom is -0.508 e. The fourth-order valence-electron chi connectivity index (χ4n) is 0.779. The van der Waals surface area contributed by atoms with Crippen molar-refractivity contribution in [2.24, 2.45) is 5.11 Å². The molecular formula is C7H6BrN3O. The topological polar surface area (TPSA) is 69.0 Å². The maximum absolute atomic E-state index is 9.30. The summed E-state index contributed by atoms with van der Waals surface area (Å²) >= 11 is 3.20. The molecule has 0 saturated carbocycles. The number of phenolic OH excluding ortho intramolecular Hbond substituents is 1. The Morgan fingerprint density at radius 3 is 2.92 bits per heavy atom. The first-order valence-corrected chi connectivity index (χ1v) is 4.01. The lowest BCUT2D eigenvalue weighted by molar-refractivity contribution is 0.468. The Labute approximate surface area is 77.6 Å². The summed E-state index contributed by atoms with van der Waals surface area (Å²) in [6.45, 7) is 0.176. The predicted octanol–water partition coefficient (Wildman–Crippen LogP) is 2.97. The van der Waals surface area contributed by atoms with Crippen LogP contribution >= 0.6 is 15.9 Å². The number of phenols is 1. The van der Waals surface area contributed by atoms with E-state index in [-0.39, 0.29) is 12.3 Å². The molecule has 4 nitrogen and oxygen atoms in total. The molecule has 0 aliphatic carbocycles. The van der Waals surface area contributed by atoms with Gasteiger partial charge in [-0.05, 0) is 23.2 Å². The van der Waals surface area contributed by atoms with Crippen molar-refractivity contribution in [2.45, 2.75) is 6.54 Å². The second kappa shape index (κ2) is 3.99. The van der Waals surface area contributed by atoms with E-state index in [2.05, 4.69) is 26.0 Å². The van der Waals surface area contributed by atoms with E-state index in [9.17, 15) is 5.11 Å². The molecular weight excluding hydrogens is 222 g/mol. The second-order valence-corrected chi connectivity index (χ2v) is 3.08. The molecule has 0 aliphatic rings. The molecule has 1 aromatic carbocycles. The Kier molecular flexibility index (Phi) is 2.96. The van der Waals surface area contributed by atoms with E-state index in [1.54, 1.807) is 18.2 Å². The van der Waals surface area contributed by atoms with Crippen molar-refractivity contribution in [3.05, 3.63) is 38.7 Å². The largest absolute Gasteiger partial charge is 0.508 e. The minimum atomic E-state index is 0.136. The molecule has 0 aromatic heterocycles. The van der Waals surface area contributed by atoms with E-state index in [0.29, 0.717) is 5.56 Å². The molecule has 0 bridgehead atoms. The highest BCUT2D eigenvalue weighted by Gasteiger charge is 1.98. The van der Waals surface area contributed by atoms with Crippen LogP contribution in [0.4, 0.5) is 0 Å². The highest BCUT2D eigenvalue weighted by molar-refractivity contribution is 9.10. The van der Waals surface area contributed by atoms with Crippen molar-refractivity contribution in [3.8, 4) is 5.75 Å². The number of nitrogens with zero attached hydrogens (tertiary/aromatic N) is 3. The average Bonchev–Trinajstić information content (AvgIpc) is 2.03. The maximum Gasteiger partial charge on any atom is 0.120 e. The first kappa shape index (κ1) is 8.90. The Morgan fingerprint density at radius 2 is 2.33 bits per heavy atom. The summed E-state index contributed by atoms with van der Waals surface area (Å²) in [6, 6.07) is 5.04. The molecule has 0 fully saturated rings. The molecule has 5 heteroatoms. The number of hydrogen-bond donors (Lipinski definition) is 1. The summed E-state index contributed by atoms with van der Waals surface area (Å²) < 4.78 is 0.796. The van der Waals surface area contributed by atoms with E-state index in [4.69, 9.17) is 5.53 Å². The van der Waals surface area contributed by atoms with Crippen LogP contribution in [0.1, 0.15) is 5.56 Å². The van der Waals surface area contributed by atoms with Crippen LogP contribution in [0.25, 0.3) is 10.4 Å². The van der Waals surface area contributed by atoms with E-state index in [1.165, 1.54) is 0 Å². The van der Waals surface area contributed by atoms with Gasteiger partial charge in [-0.3, -0.25) is 0 Å². The third kappa shape index (κ3) is 2.15. The molecule has 1 aromatic rings. The lowest BCUT2D eigenvalue weighted by Crippen LogP contribution is -1.80. The van der Waals surface area contributed by atoms with E-state index in [0.717, 1.165) is 4.47 Å². The lowest BCUT2D eigenvalue weighted by Gasteiger charge is -1.99. The van der Waals surface area contributed by atoms with Gasteiger partial charge < -0.3 is 5.11 Å². The van der Waals surface area contributed by atoms with Gasteiger partial charge in [0.25, 0.3) is 0 Å². The quantitative estimate of drug-likeness (QED) is 0.471. The molecule has 12 heavy (non-hydrogen) atoms. The molecule has 62 valence electrons. The van der Waals surface area contributed by atoms with Gasteiger partial charge in [0.15, 0.2) is 0 Å². The summed E-state index contributed by atoms with van der Waals surface area (Å²) in [5.41, 5.74) is 8.66. The van der Waals surface area contributed by atoms with Gasteiger partial charge in [0.2, 0.25) is 0 Å². The highest BCUT2D eigenvalue weighted by atomic mass is 79.9. The van der Waals surface area contributed by atoms with Gasteiger partial charge in [0.1, 0.15) is 5.75 Å². The lowest BCUT2D eigenvalue weighted by atomic mass is 10.2. The fourth-order valence-corrected chi connectivity index (χ4v) is 1.13. The summed E-state index contributed by atoms with van der Waals surface area (Å²) in [5, 5.41) is 12.6. The zero-order valence-corrected chi connectivity index (χ0v) is 7.69. The molecule has 0 heterocycles. The first-order chi connectivity index (χ1) is 5.74. The van der Waals surface area contributed by atoms with Gasteiger partial charge in [-0.2, -0.15) is 0 Å². The Balaban J connectivity index is 2.93. The minimum absolute atomic E-state index is 0.136. The van der Waals surface area contributed by atoms with Gasteiger partial charge in [-0.1, -0.05) is 27.1 Å². The molecule has 0 saturated heterocycles. The van der Waals surface area contributed by atoms with Crippen LogP contribution in [0.5, 0.6) is 5.75 Å². The molecule has 0 spiro atoms. The number of azide groups is 1. The fraction of sp³-hybridized carbons (Fsp3) is 0.143. The van der Waals surface area contributed by atoms with E-state index < -0.39 is 0 Å². The first-order valence-electron chi connectivity index (χ1n) is 3.22. The van der Waals surface area contributed by atoms with Gasteiger partial charge in [-0.15, -0.1) is 0 Å². The van der Waals surface area contributed by atoms with Crippen LogP contribution in [-0.2, 0) is 6.54 Å². The molecule has 0 atom stereocenters. The number of aromatic hydroxyl groups is 1. The number of rotatable bonds is 2. The van der Waals surface area contributed by atoms with Crippen molar-refractivity contribution < 1.29 is 5.11 Å². The molecule has 0 radical (unpaired) electrons. The summed E-state index contributed by atoms with van der Waals surface area (Å²) in [6.07, 6.45) is 0. The number of benzene rings is 1. The Bertz CT molecular complexity index is 333. The zero-order chi connectivity index (χ0) is 8.97.